The number of aromatic nitrogens is 3. The van der Waals surface area contributed by atoms with Crippen molar-refractivity contribution in [2.45, 2.75) is 33.2 Å². The summed E-state index contributed by atoms with van der Waals surface area (Å²) < 4.78 is 1.69. The molecule has 2 aromatic heterocycles. The van der Waals surface area contributed by atoms with Gasteiger partial charge in [-0.3, -0.25) is 9.67 Å². The summed E-state index contributed by atoms with van der Waals surface area (Å²) in [6, 6.07) is 3.91. The van der Waals surface area contributed by atoms with Crippen LogP contribution in [0.2, 0.25) is 0 Å². The Kier molecular flexibility index (Phi) is 3.03. The van der Waals surface area contributed by atoms with Gasteiger partial charge in [0.25, 0.3) is 0 Å². The average Bonchev–Trinajstić information content (AvgIpc) is 2.73. The van der Waals surface area contributed by atoms with Crippen LogP contribution in [0.25, 0.3) is 11.4 Å². The Morgan fingerprint density at radius 1 is 1.22 bits per heavy atom. The van der Waals surface area contributed by atoms with Gasteiger partial charge in [-0.25, -0.2) is 0 Å². The van der Waals surface area contributed by atoms with Crippen molar-refractivity contribution in [2.24, 2.45) is 0 Å². The van der Waals surface area contributed by atoms with Crippen molar-refractivity contribution < 1.29 is 4.79 Å². The SMILES string of the molecule is Cc1cccnc1-c1nn(C(C)(C)C=O)cc1C. The summed E-state index contributed by atoms with van der Waals surface area (Å²) >= 11 is 0. The highest BCUT2D eigenvalue weighted by molar-refractivity contribution is 5.64. The van der Waals surface area contributed by atoms with E-state index in [1.54, 1.807) is 10.9 Å². The Balaban J connectivity index is 2.55. The molecule has 0 aromatic carbocycles. The highest BCUT2D eigenvalue weighted by atomic mass is 16.1. The number of aldehydes is 1. The van der Waals surface area contributed by atoms with Gasteiger partial charge in [0, 0.05) is 12.4 Å². The molecule has 0 amide bonds. The highest BCUT2D eigenvalue weighted by Crippen LogP contribution is 2.24. The predicted molar refractivity (Wildman–Crippen MR) is 70.3 cm³/mol. The second-order valence-electron chi connectivity index (χ2n) is 5.05. The Bertz CT molecular complexity index is 584. The molecule has 0 N–H and O–H groups in total. The molecule has 94 valence electrons. The quantitative estimate of drug-likeness (QED) is 0.778. The highest BCUT2D eigenvalue weighted by Gasteiger charge is 2.22. The summed E-state index contributed by atoms with van der Waals surface area (Å²) in [4.78, 5) is 15.4. The Morgan fingerprint density at radius 2 is 1.94 bits per heavy atom. The fourth-order valence-electron chi connectivity index (χ4n) is 1.78. The lowest BCUT2D eigenvalue weighted by molar-refractivity contribution is -0.114. The summed E-state index contributed by atoms with van der Waals surface area (Å²) in [5.41, 5.74) is 3.17. The molecular formula is C14H17N3O. The van der Waals surface area contributed by atoms with Gasteiger partial charge in [-0.2, -0.15) is 5.10 Å². The monoisotopic (exact) mass is 243 g/mol. The van der Waals surface area contributed by atoms with E-state index in [4.69, 9.17) is 0 Å². The normalized spacial score (nSPS) is 11.6. The van der Waals surface area contributed by atoms with Crippen molar-refractivity contribution in [2.75, 3.05) is 0 Å². The van der Waals surface area contributed by atoms with Gasteiger partial charge < -0.3 is 4.79 Å². The molecule has 0 radical (unpaired) electrons. The van der Waals surface area contributed by atoms with E-state index in [2.05, 4.69) is 10.1 Å². The van der Waals surface area contributed by atoms with Crippen LogP contribution in [-0.2, 0) is 10.3 Å². The number of aryl methyl sites for hydroxylation is 2. The Morgan fingerprint density at radius 3 is 2.56 bits per heavy atom. The summed E-state index contributed by atoms with van der Waals surface area (Å²) in [6.45, 7) is 7.66. The zero-order valence-corrected chi connectivity index (χ0v) is 11.1. The van der Waals surface area contributed by atoms with Gasteiger partial charge in [-0.15, -0.1) is 0 Å². The average molecular weight is 243 g/mol. The van der Waals surface area contributed by atoms with Crippen molar-refractivity contribution in [3.63, 3.8) is 0 Å². The number of rotatable bonds is 3. The zero-order chi connectivity index (χ0) is 13.3. The van der Waals surface area contributed by atoms with Crippen LogP contribution < -0.4 is 0 Å². The zero-order valence-electron chi connectivity index (χ0n) is 11.1. The molecule has 0 aliphatic rings. The minimum absolute atomic E-state index is 0.633. The second-order valence-corrected chi connectivity index (χ2v) is 5.05. The van der Waals surface area contributed by atoms with Crippen molar-refractivity contribution >= 4 is 6.29 Å². The Labute approximate surface area is 107 Å². The molecule has 0 fully saturated rings. The van der Waals surface area contributed by atoms with Crippen molar-refractivity contribution in [1.29, 1.82) is 0 Å². The largest absolute Gasteiger partial charge is 0.301 e. The van der Waals surface area contributed by atoms with E-state index in [1.807, 2.05) is 46.0 Å². The van der Waals surface area contributed by atoms with E-state index in [-0.39, 0.29) is 0 Å². The molecule has 0 aliphatic heterocycles. The number of carbonyl (C=O) groups excluding carboxylic acids is 1. The molecule has 4 nitrogen and oxygen atoms in total. The fraction of sp³-hybridized carbons (Fsp3) is 0.357. The third-order valence-corrected chi connectivity index (χ3v) is 3.01. The summed E-state index contributed by atoms with van der Waals surface area (Å²) in [6.07, 6.45) is 4.54. The molecule has 4 heteroatoms. The van der Waals surface area contributed by atoms with Crippen LogP contribution in [0.5, 0.6) is 0 Å². The van der Waals surface area contributed by atoms with Crippen molar-refractivity contribution in [3.8, 4) is 11.4 Å². The van der Waals surface area contributed by atoms with E-state index < -0.39 is 5.54 Å². The molecule has 0 unspecified atom stereocenters. The molecule has 0 spiro atoms. The molecule has 0 atom stereocenters. The van der Waals surface area contributed by atoms with E-state index in [1.165, 1.54) is 0 Å². The first-order valence-corrected chi connectivity index (χ1v) is 5.91. The minimum atomic E-state index is -0.633. The maximum absolute atomic E-state index is 11.1. The topological polar surface area (TPSA) is 47.8 Å². The molecule has 0 saturated carbocycles. The van der Waals surface area contributed by atoms with Crippen LogP contribution in [0.15, 0.2) is 24.5 Å². The maximum atomic E-state index is 11.1. The van der Waals surface area contributed by atoms with E-state index >= 15 is 0 Å². The first-order chi connectivity index (χ1) is 8.45. The minimum Gasteiger partial charge on any atom is -0.301 e. The van der Waals surface area contributed by atoms with Crippen LogP contribution in [0.4, 0.5) is 0 Å². The van der Waals surface area contributed by atoms with Crippen LogP contribution in [0.1, 0.15) is 25.0 Å². The van der Waals surface area contributed by atoms with Gasteiger partial charge >= 0.3 is 0 Å². The molecule has 0 saturated heterocycles. The summed E-state index contributed by atoms with van der Waals surface area (Å²) in [5, 5.41) is 4.51. The molecular weight excluding hydrogens is 226 g/mol. The molecule has 2 rings (SSSR count). The van der Waals surface area contributed by atoms with Gasteiger partial charge in [0.15, 0.2) is 0 Å². The first-order valence-electron chi connectivity index (χ1n) is 5.91. The third-order valence-electron chi connectivity index (χ3n) is 3.01. The van der Waals surface area contributed by atoms with Gasteiger partial charge in [0.1, 0.15) is 17.5 Å². The fourth-order valence-corrected chi connectivity index (χ4v) is 1.78. The molecule has 0 bridgehead atoms. The van der Waals surface area contributed by atoms with E-state index in [9.17, 15) is 4.79 Å². The smallest absolute Gasteiger partial charge is 0.147 e. The van der Waals surface area contributed by atoms with E-state index in [0.717, 1.165) is 28.8 Å². The molecule has 2 heterocycles. The van der Waals surface area contributed by atoms with Gasteiger partial charge in [-0.1, -0.05) is 6.07 Å². The first kappa shape index (κ1) is 12.5. The van der Waals surface area contributed by atoms with Gasteiger partial charge in [0.05, 0.1) is 5.69 Å². The lowest BCUT2D eigenvalue weighted by atomic mass is 10.1. The summed E-state index contributed by atoms with van der Waals surface area (Å²) in [5.74, 6) is 0. The Hall–Kier alpha value is -1.97. The summed E-state index contributed by atoms with van der Waals surface area (Å²) in [7, 11) is 0. The number of hydrogen-bond donors (Lipinski definition) is 0. The number of pyridine rings is 1. The maximum Gasteiger partial charge on any atom is 0.147 e. The van der Waals surface area contributed by atoms with Gasteiger partial charge in [0.2, 0.25) is 0 Å². The van der Waals surface area contributed by atoms with Crippen LogP contribution in [0.3, 0.4) is 0 Å². The standard InChI is InChI=1S/C14H17N3O/c1-10-6-5-7-15-12(10)13-11(2)8-17(16-13)14(3,4)9-18/h5-9H,1-4H3. The molecule has 2 aromatic rings. The van der Waals surface area contributed by atoms with E-state index in [0.29, 0.717) is 0 Å². The lowest BCUT2D eigenvalue weighted by Gasteiger charge is -2.17. The van der Waals surface area contributed by atoms with Gasteiger partial charge in [-0.05, 0) is 44.9 Å². The van der Waals surface area contributed by atoms with Crippen LogP contribution in [-0.4, -0.2) is 21.1 Å². The molecule has 0 aliphatic carbocycles. The lowest BCUT2D eigenvalue weighted by Crippen LogP contribution is -2.28. The van der Waals surface area contributed by atoms with Crippen LogP contribution >= 0.6 is 0 Å². The number of hydrogen-bond acceptors (Lipinski definition) is 3. The third kappa shape index (κ3) is 2.06. The van der Waals surface area contributed by atoms with Crippen molar-refractivity contribution in [1.82, 2.24) is 14.8 Å². The van der Waals surface area contributed by atoms with Crippen molar-refractivity contribution in [3.05, 3.63) is 35.7 Å². The van der Waals surface area contributed by atoms with Crippen LogP contribution in [0, 0.1) is 13.8 Å². The number of nitrogens with zero attached hydrogens (tertiary/aromatic N) is 3. The number of carbonyl (C=O) groups is 1. The molecule has 18 heavy (non-hydrogen) atoms. The predicted octanol–water partition coefficient (Wildman–Crippen LogP) is 2.50. The second kappa shape index (κ2) is 4.37.